The largest absolute Gasteiger partial charge is 0.416 e. The lowest BCUT2D eigenvalue weighted by molar-refractivity contribution is -0.137. The number of halogens is 3. The highest BCUT2D eigenvalue weighted by molar-refractivity contribution is 6.02. The first-order valence-corrected chi connectivity index (χ1v) is 6.98. The fourth-order valence-corrected chi connectivity index (χ4v) is 2.28. The molecule has 0 aliphatic rings. The molecule has 3 rings (SSSR count). The number of aromatic nitrogens is 1. The van der Waals surface area contributed by atoms with E-state index in [1.807, 2.05) is 6.07 Å². The molecule has 1 heterocycles. The molecule has 0 aliphatic carbocycles. The van der Waals surface area contributed by atoms with Crippen LogP contribution in [0.5, 0.6) is 0 Å². The average molecular weight is 331 g/mol. The van der Waals surface area contributed by atoms with Gasteiger partial charge in [-0.15, -0.1) is 0 Å². The summed E-state index contributed by atoms with van der Waals surface area (Å²) in [5, 5.41) is 3.31. The number of anilines is 2. The van der Waals surface area contributed by atoms with Crippen molar-refractivity contribution in [1.82, 2.24) is 4.98 Å². The van der Waals surface area contributed by atoms with Gasteiger partial charge in [0.05, 0.1) is 16.6 Å². The van der Waals surface area contributed by atoms with Gasteiger partial charge in [-0.05, 0) is 30.3 Å². The number of carbonyl (C=O) groups is 1. The Morgan fingerprint density at radius 1 is 1.04 bits per heavy atom. The number of amides is 1. The van der Waals surface area contributed by atoms with Crippen molar-refractivity contribution in [3.63, 3.8) is 0 Å². The van der Waals surface area contributed by atoms with Crippen molar-refractivity contribution >= 4 is 28.3 Å². The van der Waals surface area contributed by atoms with Gasteiger partial charge in [0.1, 0.15) is 5.82 Å². The molecule has 3 aromatic rings. The Balaban J connectivity index is 2.14. The summed E-state index contributed by atoms with van der Waals surface area (Å²) in [6.45, 7) is 0. The second-order valence-electron chi connectivity index (χ2n) is 5.15. The number of nitrogens with two attached hydrogens (primary N) is 1. The number of para-hydroxylation sites is 1. The van der Waals surface area contributed by atoms with Crippen molar-refractivity contribution in [3.8, 4) is 0 Å². The lowest BCUT2D eigenvalue weighted by Gasteiger charge is -2.12. The molecule has 7 heteroatoms. The number of primary amides is 1. The van der Waals surface area contributed by atoms with Crippen molar-refractivity contribution < 1.29 is 18.0 Å². The van der Waals surface area contributed by atoms with Gasteiger partial charge in [0.25, 0.3) is 5.91 Å². The SMILES string of the molecule is NC(=O)c1cc2ccc(C(F)(F)F)cc2nc1Nc1ccccc1. The predicted octanol–water partition coefficient (Wildman–Crippen LogP) is 4.10. The molecule has 24 heavy (non-hydrogen) atoms. The number of benzene rings is 2. The number of hydrogen-bond acceptors (Lipinski definition) is 3. The van der Waals surface area contributed by atoms with Crippen molar-refractivity contribution in [1.29, 1.82) is 0 Å². The fourth-order valence-electron chi connectivity index (χ4n) is 2.28. The standard InChI is InChI=1S/C17H12F3N3O/c18-17(19,20)11-7-6-10-8-13(15(21)24)16(23-14(10)9-11)22-12-4-2-1-3-5-12/h1-9H,(H2,21,24)(H,22,23). The maximum absolute atomic E-state index is 12.9. The van der Waals surface area contributed by atoms with Crippen LogP contribution in [0, 0.1) is 0 Å². The number of nitrogens with one attached hydrogen (secondary N) is 1. The fraction of sp³-hybridized carbons (Fsp3) is 0.0588. The molecule has 0 saturated carbocycles. The molecule has 0 radical (unpaired) electrons. The highest BCUT2D eigenvalue weighted by Gasteiger charge is 2.30. The third-order valence-corrected chi connectivity index (χ3v) is 3.45. The van der Waals surface area contributed by atoms with Crippen LogP contribution in [0.25, 0.3) is 10.9 Å². The van der Waals surface area contributed by atoms with Crippen LogP contribution in [0.1, 0.15) is 15.9 Å². The van der Waals surface area contributed by atoms with Crippen LogP contribution < -0.4 is 11.1 Å². The minimum Gasteiger partial charge on any atom is -0.365 e. The van der Waals surface area contributed by atoms with Gasteiger partial charge in [-0.25, -0.2) is 4.98 Å². The Morgan fingerprint density at radius 2 is 1.75 bits per heavy atom. The van der Waals surface area contributed by atoms with Crippen LogP contribution in [-0.4, -0.2) is 10.9 Å². The van der Waals surface area contributed by atoms with Crippen molar-refractivity contribution in [2.75, 3.05) is 5.32 Å². The zero-order valence-corrected chi connectivity index (χ0v) is 12.3. The summed E-state index contributed by atoms with van der Waals surface area (Å²) < 4.78 is 38.6. The van der Waals surface area contributed by atoms with Gasteiger partial charge in [0.15, 0.2) is 0 Å². The Bertz CT molecular complexity index is 908. The quantitative estimate of drug-likeness (QED) is 0.759. The van der Waals surface area contributed by atoms with E-state index in [0.29, 0.717) is 11.1 Å². The van der Waals surface area contributed by atoms with Gasteiger partial charge in [-0.1, -0.05) is 24.3 Å². The Hall–Kier alpha value is -3.09. The van der Waals surface area contributed by atoms with E-state index in [4.69, 9.17) is 5.73 Å². The second kappa shape index (κ2) is 5.84. The third kappa shape index (κ3) is 3.15. The molecule has 4 nitrogen and oxygen atoms in total. The van der Waals surface area contributed by atoms with Gasteiger partial charge in [-0.3, -0.25) is 4.79 Å². The third-order valence-electron chi connectivity index (χ3n) is 3.45. The van der Waals surface area contributed by atoms with E-state index in [1.165, 1.54) is 12.1 Å². The van der Waals surface area contributed by atoms with E-state index in [1.54, 1.807) is 24.3 Å². The monoisotopic (exact) mass is 331 g/mol. The number of fused-ring (bicyclic) bond motifs is 1. The molecule has 1 aromatic heterocycles. The minimum atomic E-state index is -4.47. The average Bonchev–Trinajstić information content (AvgIpc) is 2.53. The van der Waals surface area contributed by atoms with E-state index in [0.717, 1.165) is 12.1 Å². The molecule has 0 saturated heterocycles. The van der Waals surface area contributed by atoms with Gasteiger partial charge in [0, 0.05) is 11.1 Å². The Labute approximate surface area is 135 Å². The zero-order valence-electron chi connectivity index (χ0n) is 12.3. The first-order chi connectivity index (χ1) is 11.3. The predicted molar refractivity (Wildman–Crippen MR) is 85.0 cm³/mol. The highest BCUT2D eigenvalue weighted by atomic mass is 19.4. The Kier molecular flexibility index (Phi) is 3.84. The highest BCUT2D eigenvalue weighted by Crippen LogP contribution is 2.32. The maximum atomic E-state index is 12.9. The van der Waals surface area contributed by atoms with Crippen LogP contribution in [0.4, 0.5) is 24.7 Å². The van der Waals surface area contributed by atoms with Gasteiger partial charge in [0.2, 0.25) is 0 Å². The first-order valence-electron chi connectivity index (χ1n) is 6.98. The molecule has 0 aliphatic heterocycles. The summed E-state index contributed by atoms with van der Waals surface area (Å²) in [5.74, 6) is -0.608. The van der Waals surface area contributed by atoms with Crippen molar-refractivity contribution in [3.05, 3.63) is 65.7 Å². The molecular weight excluding hydrogens is 319 g/mol. The normalized spacial score (nSPS) is 11.5. The van der Waals surface area contributed by atoms with E-state index in [-0.39, 0.29) is 16.9 Å². The van der Waals surface area contributed by atoms with Gasteiger partial charge < -0.3 is 11.1 Å². The van der Waals surface area contributed by atoms with Crippen LogP contribution >= 0.6 is 0 Å². The number of alkyl halides is 3. The van der Waals surface area contributed by atoms with Crippen molar-refractivity contribution in [2.24, 2.45) is 5.73 Å². The van der Waals surface area contributed by atoms with Crippen LogP contribution in [0.3, 0.4) is 0 Å². The Morgan fingerprint density at radius 3 is 2.38 bits per heavy atom. The van der Waals surface area contributed by atoms with E-state index < -0.39 is 17.6 Å². The number of pyridine rings is 1. The number of nitrogens with zero attached hydrogens (tertiary/aromatic N) is 1. The molecule has 0 bridgehead atoms. The maximum Gasteiger partial charge on any atom is 0.416 e. The molecular formula is C17H12F3N3O. The minimum absolute atomic E-state index is 0.103. The zero-order chi connectivity index (χ0) is 17.3. The first kappa shape index (κ1) is 15.8. The van der Waals surface area contributed by atoms with E-state index >= 15 is 0 Å². The summed E-state index contributed by atoms with van der Waals surface area (Å²) in [7, 11) is 0. The molecule has 0 atom stereocenters. The summed E-state index contributed by atoms with van der Waals surface area (Å²) in [6.07, 6.45) is -4.47. The van der Waals surface area contributed by atoms with Gasteiger partial charge in [-0.2, -0.15) is 13.2 Å². The lowest BCUT2D eigenvalue weighted by Crippen LogP contribution is -2.14. The van der Waals surface area contributed by atoms with Crippen LogP contribution in [-0.2, 0) is 6.18 Å². The number of rotatable bonds is 3. The van der Waals surface area contributed by atoms with E-state index in [9.17, 15) is 18.0 Å². The topological polar surface area (TPSA) is 68.0 Å². The molecule has 1 amide bonds. The molecule has 2 aromatic carbocycles. The number of hydrogen-bond donors (Lipinski definition) is 2. The molecule has 3 N–H and O–H groups in total. The van der Waals surface area contributed by atoms with Crippen molar-refractivity contribution in [2.45, 2.75) is 6.18 Å². The molecule has 0 unspecified atom stereocenters. The summed E-state index contributed by atoms with van der Waals surface area (Å²) in [4.78, 5) is 15.8. The molecule has 0 fully saturated rings. The molecule has 122 valence electrons. The molecule has 0 spiro atoms. The lowest BCUT2D eigenvalue weighted by atomic mass is 10.1. The summed E-state index contributed by atoms with van der Waals surface area (Å²) in [5.41, 5.74) is 5.41. The summed E-state index contributed by atoms with van der Waals surface area (Å²) in [6, 6.07) is 13.4. The summed E-state index contributed by atoms with van der Waals surface area (Å²) >= 11 is 0. The van der Waals surface area contributed by atoms with Gasteiger partial charge >= 0.3 is 6.18 Å². The van der Waals surface area contributed by atoms with E-state index in [2.05, 4.69) is 10.3 Å². The smallest absolute Gasteiger partial charge is 0.365 e. The number of carbonyl (C=O) groups excluding carboxylic acids is 1. The van der Waals surface area contributed by atoms with Crippen LogP contribution in [0.2, 0.25) is 0 Å². The second-order valence-corrected chi connectivity index (χ2v) is 5.15. The van der Waals surface area contributed by atoms with Crippen LogP contribution in [0.15, 0.2) is 54.6 Å².